The summed E-state index contributed by atoms with van der Waals surface area (Å²) in [5.41, 5.74) is 4.46. The van der Waals surface area contributed by atoms with Gasteiger partial charge in [-0.2, -0.15) is 0 Å². The fourth-order valence-corrected chi connectivity index (χ4v) is 2.72. The minimum absolute atomic E-state index is 0.121. The Balaban J connectivity index is 1.82. The van der Waals surface area contributed by atoms with Crippen molar-refractivity contribution >= 4 is 23.2 Å². The molecule has 3 rings (SSSR count). The molecule has 2 aromatic carbocycles. The predicted molar refractivity (Wildman–Crippen MR) is 87.3 cm³/mol. The molecule has 4 heteroatoms. The number of amides is 2. The van der Waals surface area contributed by atoms with Gasteiger partial charge in [-0.3, -0.25) is 9.59 Å². The van der Waals surface area contributed by atoms with E-state index in [9.17, 15) is 9.59 Å². The molecule has 0 unspecified atom stereocenters. The van der Waals surface area contributed by atoms with Crippen LogP contribution in [-0.4, -0.2) is 18.9 Å². The van der Waals surface area contributed by atoms with Crippen LogP contribution in [0.5, 0.6) is 0 Å². The molecule has 0 atom stereocenters. The Morgan fingerprint density at radius 2 is 1.95 bits per heavy atom. The molecular formula is C18H18N2O2. The molecule has 1 N–H and O–H groups in total. The number of rotatable bonds is 2. The van der Waals surface area contributed by atoms with Crippen molar-refractivity contribution in [3.05, 3.63) is 59.2 Å². The Hall–Kier alpha value is -2.62. The fraction of sp³-hybridized carbons (Fsp3) is 0.222. The number of carbonyl (C=O) groups excluding carboxylic acids is 2. The van der Waals surface area contributed by atoms with Crippen LogP contribution in [-0.2, 0) is 11.2 Å². The molecule has 1 aliphatic rings. The van der Waals surface area contributed by atoms with E-state index in [1.54, 1.807) is 18.0 Å². The third kappa shape index (κ3) is 2.72. The first-order chi connectivity index (χ1) is 10.5. The van der Waals surface area contributed by atoms with E-state index in [0.29, 0.717) is 18.4 Å². The van der Waals surface area contributed by atoms with Gasteiger partial charge in [-0.1, -0.05) is 17.7 Å². The highest BCUT2D eigenvalue weighted by molar-refractivity contribution is 6.04. The van der Waals surface area contributed by atoms with E-state index in [-0.39, 0.29) is 11.8 Å². The quantitative estimate of drug-likeness (QED) is 0.925. The smallest absolute Gasteiger partial charge is 0.255 e. The molecule has 0 bridgehead atoms. The number of nitrogens with zero attached hydrogens (tertiary/aromatic N) is 1. The maximum atomic E-state index is 12.3. The molecule has 0 spiro atoms. The minimum Gasteiger partial charge on any atom is -0.322 e. The van der Waals surface area contributed by atoms with Gasteiger partial charge in [0.1, 0.15) is 0 Å². The molecule has 0 fully saturated rings. The first-order valence-electron chi connectivity index (χ1n) is 7.32. The number of aryl methyl sites for hydroxylation is 2. The number of benzene rings is 2. The second-order valence-electron chi connectivity index (χ2n) is 5.62. The Morgan fingerprint density at radius 1 is 1.14 bits per heavy atom. The van der Waals surface area contributed by atoms with Gasteiger partial charge in [0.25, 0.3) is 5.91 Å². The summed E-state index contributed by atoms with van der Waals surface area (Å²) in [6.45, 7) is 1.96. The summed E-state index contributed by atoms with van der Waals surface area (Å²) in [5, 5.41) is 2.92. The molecule has 0 radical (unpaired) electrons. The molecule has 2 amide bonds. The monoisotopic (exact) mass is 294 g/mol. The lowest BCUT2D eigenvalue weighted by Gasteiger charge is -2.26. The summed E-state index contributed by atoms with van der Waals surface area (Å²) in [5.74, 6) is 0.00735. The number of carbonyl (C=O) groups is 2. The number of anilines is 2. The van der Waals surface area contributed by atoms with Crippen molar-refractivity contribution in [3.63, 3.8) is 0 Å². The number of hydrogen-bond donors (Lipinski definition) is 1. The van der Waals surface area contributed by atoms with E-state index in [2.05, 4.69) is 5.32 Å². The van der Waals surface area contributed by atoms with Crippen LogP contribution in [0.25, 0.3) is 0 Å². The fourth-order valence-electron chi connectivity index (χ4n) is 2.72. The van der Waals surface area contributed by atoms with Crippen molar-refractivity contribution in [3.8, 4) is 0 Å². The minimum atomic E-state index is -0.121. The standard InChI is InChI=1S/C18H18N2O2/c1-12-4-3-5-14(10-12)18(22)19-15-7-8-16-13(11-15)6-9-17(21)20(16)2/h3-5,7-8,10-11H,6,9H2,1-2H3,(H,19,22). The van der Waals surface area contributed by atoms with E-state index in [4.69, 9.17) is 0 Å². The van der Waals surface area contributed by atoms with Gasteiger partial charge < -0.3 is 10.2 Å². The van der Waals surface area contributed by atoms with Crippen LogP contribution >= 0.6 is 0 Å². The Morgan fingerprint density at radius 3 is 2.73 bits per heavy atom. The van der Waals surface area contributed by atoms with Crippen LogP contribution in [0.1, 0.15) is 27.9 Å². The lowest BCUT2D eigenvalue weighted by molar-refractivity contribution is -0.118. The second kappa shape index (κ2) is 5.64. The SMILES string of the molecule is Cc1cccc(C(=O)Nc2ccc3c(c2)CCC(=O)N3C)c1. The van der Waals surface area contributed by atoms with Gasteiger partial charge in [0.15, 0.2) is 0 Å². The maximum Gasteiger partial charge on any atom is 0.255 e. The Bertz CT molecular complexity index is 753. The van der Waals surface area contributed by atoms with Gasteiger partial charge in [-0.15, -0.1) is 0 Å². The first kappa shape index (κ1) is 14.3. The molecular weight excluding hydrogens is 276 g/mol. The van der Waals surface area contributed by atoms with Crippen molar-refractivity contribution in [2.24, 2.45) is 0 Å². The summed E-state index contributed by atoms with van der Waals surface area (Å²) in [4.78, 5) is 25.6. The molecule has 0 saturated carbocycles. The third-order valence-corrected chi connectivity index (χ3v) is 3.96. The third-order valence-electron chi connectivity index (χ3n) is 3.96. The largest absolute Gasteiger partial charge is 0.322 e. The predicted octanol–water partition coefficient (Wildman–Crippen LogP) is 3.16. The summed E-state index contributed by atoms with van der Waals surface area (Å²) < 4.78 is 0. The Kier molecular flexibility index (Phi) is 3.67. The van der Waals surface area contributed by atoms with Crippen LogP contribution in [0.2, 0.25) is 0 Å². The van der Waals surface area contributed by atoms with E-state index >= 15 is 0 Å². The van der Waals surface area contributed by atoms with Crippen LogP contribution < -0.4 is 10.2 Å². The summed E-state index contributed by atoms with van der Waals surface area (Å²) >= 11 is 0. The van der Waals surface area contributed by atoms with E-state index in [0.717, 1.165) is 22.5 Å². The lowest BCUT2D eigenvalue weighted by Crippen LogP contribution is -2.31. The maximum absolute atomic E-state index is 12.3. The van der Waals surface area contributed by atoms with Gasteiger partial charge >= 0.3 is 0 Å². The molecule has 1 heterocycles. The number of fused-ring (bicyclic) bond motifs is 1. The van der Waals surface area contributed by atoms with E-state index in [1.165, 1.54) is 0 Å². The molecule has 1 aliphatic heterocycles. The van der Waals surface area contributed by atoms with Gasteiger partial charge in [0.05, 0.1) is 0 Å². The highest BCUT2D eigenvalue weighted by Gasteiger charge is 2.21. The summed E-state index contributed by atoms with van der Waals surface area (Å²) in [7, 11) is 1.78. The van der Waals surface area contributed by atoms with Gasteiger partial charge in [0, 0.05) is 30.4 Å². The molecule has 112 valence electrons. The highest BCUT2D eigenvalue weighted by Crippen LogP contribution is 2.29. The van der Waals surface area contributed by atoms with Crippen LogP contribution in [0.4, 0.5) is 11.4 Å². The average molecular weight is 294 g/mol. The van der Waals surface area contributed by atoms with Gasteiger partial charge in [-0.25, -0.2) is 0 Å². The van der Waals surface area contributed by atoms with Crippen molar-refractivity contribution in [2.45, 2.75) is 19.8 Å². The lowest BCUT2D eigenvalue weighted by atomic mass is 10.0. The normalized spacial score (nSPS) is 13.7. The zero-order chi connectivity index (χ0) is 15.7. The molecule has 4 nitrogen and oxygen atoms in total. The van der Waals surface area contributed by atoms with Gasteiger partial charge in [-0.05, 0) is 49.2 Å². The van der Waals surface area contributed by atoms with Gasteiger partial charge in [0.2, 0.25) is 5.91 Å². The van der Waals surface area contributed by atoms with Crippen molar-refractivity contribution in [1.29, 1.82) is 0 Å². The van der Waals surface area contributed by atoms with Crippen LogP contribution in [0, 0.1) is 6.92 Å². The topological polar surface area (TPSA) is 49.4 Å². The Labute approximate surface area is 129 Å². The number of hydrogen-bond acceptors (Lipinski definition) is 2. The first-order valence-corrected chi connectivity index (χ1v) is 7.32. The van der Waals surface area contributed by atoms with Crippen molar-refractivity contribution in [1.82, 2.24) is 0 Å². The van der Waals surface area contributed by atoms with Crippen molar-refractivity contribution < 1.29 is 9.59 Å². The summed E-state index contributed by atoms with van der Waals surface area (Å²) in [6.07, 6.45) is 1.23. The average Bonchev–Trinajstić information content (AvgIpc) is 2.51. The van der Waals surface area contributed by atoms with E-state index < -0.39 is 0 Å². The molecule has 0 saturated heterocycles. The molecule has 22 heavy (non-hydrogen) atoms. The highest BCUT2D eigenvalue weighted by atomic mass is 16.2. The zero-order valence-corrected chi connectivity index (χ0v) is 12.7. The molecule has 0 aromatic heterocycles. The zero-order valence-electron chi connectivity index (χ0n) is 12.7. The molecule has 2 aromatic rings. The van der Waals surface area contributed by atoms with Crippen LogP contribution in [0.15, 0.2) is 42.5 Å². The van der Waals surface area contributed by atoms with Crippen LogP contribution in [0.3, 0.4) is 0 Å². The second-order valence-corrected chi connectivity index (χ2v) is 5.62. The number of nitrogens with one attached hydrogen (secondary N) is 1. The van der Waals surface area contributed by atoms with E-state index in [1.807, 2.05) is 43.3 Å². The van der Waals surface area contributed by atoms with Crippen molar-refractivity contribution in [2.75, 3.05) is 17.3 Å². The summed E-state index contributed by atoms with van der Waals surface area (Å²) in [6, 6.07) is 13.2. The molecule has 0 aliphatic carbocycles.